The molecule has 3 aliphatic rings. The van der Waals surface area contributed by atoms with E-state index in [1.807, 2.05) is 0 Å². The maximum absolute atomic E-state index is 12.4. The van der Waals surface area contributed by atoms with Crippen LogP contribution in [0.3, 0.4) is 0 Å². The molecule has 164 valence electrons. The zero-order valence-electron chi connectivity index (χ0n) is 17.3. The second kappa shape index (κ2) is 8.16. The minimum atomic E-state index is -1.25. The van der Waals surface area contributed by atoms with Crippen molar-refractivity contribution in [2.24, 2.45) is 22.7 Å². The molecule has 30 heavy (non-hydrogen) atoms. The molecule has 0 aromatic heterocycles. The number of barbiturate groups is 2. The van der Waals surface area contributed by atoms with Crippen LogP contribution in [-0.4, -0.2) is 35.7 Å². The maximum Gasteiger partial charge on any atom is 0.328 e. The molecule has 1 aliphatic carbocycles. The topological polar surface area (TPSA) is 151 Å². The van der Waals surface area contributed by atoms with Crippen molar-refractivity contribution in [2.75, 3.05) is 0 Å². The number of amides is 8. The van der Waals surface area contributed by atoms with Crippen molar-refractivity contribution >= 4 is 35.7 Å². The Balaban J connectivity index is 1.63. The lowest BCUT2D eigenvalue weighted by atomic mass is 9.66. The maximum atomic E-state index is 12.4. The van der Waals surface area contributed by atoms with Crippen LogP contribution in [0.25, 0.3) is 0 Å². The number of urea groups is 2. The molecule has 2 aliphatic heterocycles. The van der Waals surface area contributed by atoms with Crippen LogP contribution in [0.5, 0.6) is 0 Å². The summed E-state index contributed by atoms with van der Waals surface area (Å²) in [5.74, 6) is -1.95. The zero-order valence-corrected chi connectivity index (χ0v) is 17.3. The molecule has 10 heteroatoms. The highest BCUT2D eigenvalue weighted by Crippen LogP contribution is 2.44. The first-order valence-electron chi connectivity index (χ1n) is 10.5. The molecule has 4 N–H and O–H groups in total. The molecule has 10 nitrogen and oxygen atoms in total. The number of carbonyl (C=O) groups excluding carboxylic acids is 6. The van der Waals surface area contributed by atoms with Crippen molar-refractivity contribution in [3.05, 3.63) is 0 Å². The van der Waals surface area contributed by atoms with Gasteiger partial charge in [0, 0.05) is 0 Å². The molecule has 3 fully saturated rings. The third kappa shape index (κ3) is 3.70. The van der Waals surface area contributed by atoms with Gasteiger partial charge in [-0.2, -0.15) is 0 Å². The molecule has 8 amide bonds. The van der Waals surface area contributed by atoms with Crippen LogP contribution in [-0.2, 0) is 19.2 Å². The van der Waals surface area contributed by atoms with Gasteiger partial charge in [0.1, 0.15) is 10.8 Å². The van der Waals surface area contributed by atoms with Gasteiger partial charge in [-0.1, -0.05) is 39.5 Å². The van der Waals surface area contributed by atoms with E-state index in [1.165, 1.54) is 0 Å². The summed E-state index contributed by atoms with van der Waals surface area (Å²) in [6.45, 7) is 3.51. The molecular formula is C20H28N4O6. The molecule has 1 saturated carbocycles. The lowest BCUT2D eigenvalue weighted by Gasteiger charge is -2.40. The number of rotatable bonds is 6. The lowest BCUT2D eigenvalue weighted by Crippen LogP contribution is -2.63. The van der Waals surface area contributed by atoms with Gasteiger partial charge in [-0.3, -0.25) is 40.4 Å². The summed E-state index contributed by atoms with van der Waals surface area (Å²) < 4.78 is 0. The largest absolute Gasteiger partial charge is 0.328 e. The summed E-state index contributed by atoms with van der Waals surface area (Å²) in [7, 11) is 0. The first-order chi connectivity index (χ1) is 14.2. The molecule has 0 atom stereocenters. The second-order valence-corrected chi connectivity index (χ2v) is 8.64. The van der Waals surface area contributed by atoms with Crippen LogP contribution in [0, 0.1) is 22.7 Å². The van der Waals surface area contributed by atoms with Gasteiger partial charge in [0.2, 0.25) is 23.6 Å². The first kappa shape index (κ1) is 21.9. The summed E-state index contributed by atoms with van der Waals surface area (Å²) in [4.78, 5) is 72.5. The van der Waals surface area contributed by atoms with E-state index < -0.39 is 46.5 Å². The van der Waals surface area contributed by atoms with E-state index in [9.17, 15) is 28.8 Å². The zero-order chi connectivity index (χ0) is 22.1. The van der Waals surface area contributed by atoms with Crippen LogP contribution in [0.1, 0.15) is 65.2 Å². The number of hydrogen-bond acceptors (Lipinski definition) is 6. The molecule has 0 aromatic rings. The van der Waals surface area contributed by atoms with Gasteiger partial charge >= 0.3 is 12.1 Å². The minimum Gasteiger partial charge on any atom is -0.277 e. The van der Waals surface area contributed by atoms with Gasteiger partial charge in [-0.05, 0) is 37.5 Å². The second-order valence-electron chi connectivity index (χ2n) is 8.64. The van der Waals surface area contributed by atoms with Gasteiger partial charge in [-0.25, -0.2) is 9.59 Å². The average molecular weight is 420 g/mol. The fraction of sp³-hybridized carbons (Fsp3) is 0.700. The highest BCUT2D eigenvalue weighted by atomic mass is 16.2. The van der Waals surface area contributed by atoms with Gasteiger partial charge in [0.25, 0.3) is 0 Å². The average Bonchev–Trinajstić information content (AvgIpc) is 2.69. The van der Waals surface area contributed by atoms with Crippen LogP contribution in [0.2, 0.25) is 0 Å². The molecule has 0 radical (unpaired) electrons. The van der Waals surface area contributed by atoms with Gasteiger partial charge in [-0.15, -0.1) is 0 Å². The van der Waals surface area contributed by atoms with Crippen LogP contribution in [0.4, 0.5) is 9.59 Å². The van der Waals surface area contributed by atoms with E-state index in [-0.39, 0.29) is 11.8 Å². The predicted octanol–water partition coefficient (Wildman–Crippen LogP) is 1.10. The van der Waals surface area contributed by atoms with Gasteiger partial charge in [0.05, 0.1) is 0 Å². The standard InChI is InChI=1S/C20H28N4O6/c1-3-19(13(25)21-17(29)22-14(19)26)9-11-5-7-12(8-6-11)10-20(4-2)15(27)23-18(30)24-16(20)28/h11-12H,3-10H2,1-2H3,(H2,21,22,25,26,29)(H2,23,24,27,28,30). The molecule has 0 bridgehead atoms. The van der Waals surface area contributed by atoms with E-state index in [0.29, 0.717) is 25.7 Å². The Morgan fingerprint density at radius 1 is 0.600 bits per heavy atom. The summed E-state index contributed by atoms with van der Waals surface area (Å²) in [6.07, 6.45) is 4.32. The molecule has 0 unspecified atom stereocenters. The Labute approximate surface area is 174 Å². The molecule has 3 rings (SSSR count). The Morgan fingerprint density at radius 3 is 1.10 bits per heavy atom. The normalized spacial score (nSPS) is 28.3. The summed E-state index contributed by atoms with van der Waals surface area (Å²) in [6, 6.07) is -1.57. The lowest BCUT2D eigenvalue weighted by molar-refractivity contribution is -0.148. The van der Waals surface area contributed by atoms with E-state index in [2.05, 4.69) is 21.3 Å². The van der Waals surface area contributed by atoms with E-state index in [4.69, 9.17) is 0 Å². The van der Waals surface area contributed by atoms with Crippen molar-refractivity contribution in [1.29, 1.82) is 0 Å². The van der Waals surface area contributed by atoms with Crippen molar-refractivity contribution in [3.8, 4) is 0 Å². The van der Waals surface area contributed by atoms with Crippen molar-refractivity contribution in [2.45, 2.75) is 65.2 Å². The monoisotopic (exact) mass is 420 g/mol. The fourth-order valence-corrected chi connectivity index (χ4v) is 5.09. The van der Waals surface area contributed by atoms with Crippen LogP contribution < -0.4 is 21.3 Å². The summed E-state index contributed by atoms with van der Waals surface area (Å²) >= 11 is 0. The number of carbonyl (C=O) groups is 6. The van der Waals surface area contributed by atoms with Crippen molar-refractivity contribution in [1.82, 2.24) is 21.3 Å². The summed E-state index contributed by atoms with van der Waals surface area (Å²) in [5, 5.41) is 8.81. The first-order valence-corrected chi connectivity index (χ1v) is 10.5. The number of imide groups is 4. The van der Waals surface area contributed by atoms with E-state index in [1.54, 1.807) is 13.8 Å². The Bertz CT molecular complexity index is 693. The number of hydrogen-bond donors (Lipinski definition) is 4. The highest BCUT2D eigenvalue weighted by Gasteiger charge is 2.52. The smallest absolute Gasteiger partial charge is 0.277 e. The number of nitrogens with one attached hydrogen (secondary N) is 4. The highest BCUT2D eigenvalue weighted by molar-refractivity contribution is 6.19. The Morgan fingerprint density at radius 2 is 0.867 bits per heavy atom. The van der Waals surface area contributed by atoms with Gasteiger partial charge in [0.15, 0.2) is 0 Å². The predicted molar refractivity (Wildman–Crippen MR) is 103 cm³/mol. The van der Waals surface area contributed by atoms with Crippen LogP contribution in [0.15, 0.2) is 0 Å². The third-order valence-corrected chi connectivity index (χ3v) is 7.09. The molecular weight excluding hydrogens is 392 g/mol. The molecule has 0 spiro atoms. The summed E-state index contributed by atoms with van der Waals surface area (Å²) in [5.41, 5.74) is -2.50. The molecule has 2 heterocycles. The Hall–Kier alpha value is -2.78. The fourth-order valence-electron chi connectivity index (χ4n) is 5.09. The van der Waals surface area contributed by atoms with Crippen molar-refractivity contribution < 1.29 is 28.8 Å². The molecule has 0 aromatic carbocycles. The Kier molecular flexibility index (Phi) is 5.96. The van der Waals surface area contributed by atoms with Gasteiger partial charge < -0.3 is 0 Å². The van der Waals surface area contributed by atoms with E-state index >= 15 is 0 Å². The minimum absolute atomic E-state index is 0.124. The van der Waals surface area contributed by atoms with Crippen molar-refractivity contribution in [3.63, 3.8) is 0 Å². The third-order valence-electron chi connectivity index (χ3n) is 7.09. The van der Waals surface area contributed by atoms with Crippen LogP contribution >= 0.6 is 0 Å². The SMILES string of the molecule is CCC1(CC2CCC(CC3(CC)C(=O)NC(=O)NC3=O)CC2)C(=O)NC(=O)NC1=O. The van der Waals surface area contributed by atoms with E-state index in [0.717, 1.165) is 25.7 Å². The quantitative estimate of drug-likeness (QED) is 0.473. The molecule has 2 saturated heterocycles.